The number of hydrogen-bond donors (Lipinski definition) is 0. The van der Waals surface area contributed by atoms with E-state index in [0.717, 1.165) is 22.3 Å². The van der Waals surface area contributed by atoms with E-state index >= 15 is 0 Å². The number of nitrogens with zero attached hydrogens (tertiary/aromatic N) is 2. The minimum absolute atomic E-state index is 0.180. The van der Waals surface area contributed by atoms with E-state index in [1.807, 2.05) is 121 Å². The third-order valence-electron chi connectivity index (χ3n) is 8.09. The summed E-state index contributed by atoms with van der Waals surface area (Å²) in [7, 11) is 3.36. The van der Waals surface area contributed by atoms with Crippen LogP contribution in [0.2, 0.25) is 0 Å². The smallest absolute Gasteiger partial charge is 0.347 e. The fourth-order valence-corrected chi connectivity index (χ4v) is 7.05. The molecule has 10 heteroatoms. The minimum atomic E-state index is -3.53. The Morgan fingerprint density at radius 1 is 0.542 bits per heavy atom. The van der Waals surface area contributed by atoms with Crippen LogP contribution < -0.4 is 0 Å². The zero-order valence-electron chi connectivity index (χ0n) is 28.2. The highest BCUT2D eigenvalue weighted by molar-refractivity contribution is 7.53. The average molecular weight is 675 g/mol. The second-order valence-electron chi connectivity index (χ2n) is 12.1. The second kappa shape index (κ2) is 18.0. The van der Waals surface area contributed by atoms with Crippen molar-refractivity contribution < 1.29 is 32.8 Å². The molecule has 4 aromatic rings. The summed E-state index contributed by atoms with van der Waals surface area (Å²) in [5.74, 6) is 0. The van der Waals surface area contributed by atoms with Gasteiger partial charge in [-0.2, -0.15) is 0 Å². The monoisotopic (exact) mass is 674 g/mol. The Morgan fingerprint density at radius 2 is 0.917 bits per heavy atom. The van der Waals surface area contributed by atoms with E-state index in [9.17, 15) is 4.57 Å². The summed E-state index contributed by atoms with van der Waals surface area (Å²) >= 11 is 0. The first-order valence-electron chi connectivity index (χ1n) is 16.2. The Labute approximate surface area is 284 Å². The van der Waals surface area contributed by atoms with Crippen molar-refractivity contribution in [3.63, 3.8) is 0 Å². The molecule has 48 heavy (non-hydrogen) atoms. The lowest BCUT2D eigenvalue weighted by molar-refractivity contribution is -0.311. The van der Waals surface area contributed by atoms with Gasteiger partial charge in [0, 0.05) is 0 Å². The van der Waals surface area contributed by atoms with E-state index in [1.165, 1.54) is 0 Å². The van der Waals surface area contributed by atoms with Gasteiger partial charge < -0.3 is 23.7 Å². The standard InChI is InChI=1S/C38H47N2O7P/c1-39(2)48(41,40(3)4)47-38-37(45-28-33-23-15-8-16-24-33)36(44-27-32-21-13-7-14-22-32)35(43-26-31-19-11-6-12-20-31)34(46-38)29-42-25-30-17-9-5-10-18-30/h5-24,34-38H,25-29H2,1-4H3/t34-,35-,36+,37-,38-/m0/s1. The van der Waals surface area contributed by atoms with Crippen LogP contribution in [-0.2, 0) is 59.2 Å². The van der Waals surface area contributed by atoms with Crippen LogP contribution in [0.5, 0.6) is 0 Å². The molecule has 1 aliphatic heterocycles. The highest BCUT2D eigenvalue weighted by Crippen LogP contribution is 2.53. The van der Waals surface area contributed by atoms with E-state index in [4.69, 9.17) is 28.2 Å². The highest BCUT2D eigenvalue weighted by atomic mass is 31.2. The molecule has 0 spiro atoms. The van der Waals surface area contributed by atoms with Crippen LogP contribution in [0, 0.1) is 0 Å². The van der Waals surface area contributed by atoms with Gasteiger partial charge in [0.15, 0.2) is 6.29 Å². The molecule has 0 aromatic heterocycles. The van der Waals surface area contributed by atoms with Crippen molar-refractivity contribution in [1.82, 2.24) is 9.34 Å². The van der Waals surface area contributed by atoms with Gasteiger partial charge in [-0.05, 0) is 50.4 Å². The van der Waals surface area contributed by atoms with E-state index in [1.54, 1.807) is 37.5 Å². The fraction of sp³-hybridized carbons (Fsp3) is 0.368. The topological polar surface area (TPSA) is 78.9 Å². The molecule has 1 fully saturated rings. The van der Waals surface area contributed by atoms with Gasteiger partial charge in [0.25, 0.3) is 0 Å². The summed E-state index contributed by atoms with van der Waals surface area (Å²) in [4.78, 5) is 0. The molecule has 0 radical (unpaired) electrons. The summed E-state index contributed by atoms with van der Waals surface area (Å²) in [6.45, 7) is 1.44. The fourth-order valence-electron chi connectivity index (χ4n) is 5.51. The van der Waals surface area contributed by atoms with Crippen LogP contribution in [0.25, 0.3) is 0 Å². The van der Waals surface area contributed by atoms with Crippen LogP contribution in [0.15, 0.2) is 121 Å². The Bertz CT molecular complexity index is 1520. The lowest BCUT2D eigenvalue weighted by atomic mass is 9.98. The first-order valence-corrected chi connectivity index (χ1v) is 17.7. The van der Waals surface area contributed by atoms with Crippen LogP contribution >= 0.6 is 7.67 Å². The van der Waals surface area contributed by atoms with Gasteiger partial charge in [0.2, 0.25) is 0 Å². The SMILES string of the molecule is CN(C)P(=O)(O[C@@H]1O[C@@H](COCc2ccccc2)[C@H](OCc2ccccc2)[C@@H](OCc2ccccc2)[C@@H]1OCc1ccccc1)N(C)C. The van der Waals surface area contributed by atoms with Crippen molar-refractivity contribution in [3.8, 4) is 0 Å². The summed E-state index contributed by atoms with van der Waals surface area (Å²) in [6, 6.07) is 39.8. The molecule has 0 saturated carbocycles. The minimum Gasteiger partial charge on any atom is -0.374 e. The molecule has 1 aliphatic rings. The third kappa shape index (κ3) is 9.92. The van der Waals surface area contributed by atoms with Gasteiger partial charge in [-0.15, -0.1) is 0 Å². The molecular formula is C38H47N2O7P. The first-order chi connectivity index (χ1) is 23.3. The molecule has 0 unspecified atom stereocenters. The predicted octanol–water partition coefficient (Wildman–Crippen LogP) is 6.93. The number of benzene rings is 4. The third-order valence-corrected chi connectivity index (χ3v) is 10.6. The van der Waals surface area contributed by atoms with Crippen molar-refractivity contribution >= 4 is 7.67 Å². The van der Waals surface area contributed by atoms with E-state index in [2.05, 4.69) is 0 Å². The molecule has 256 valence electrons. The summed E-state index contributed by atoms with van der Waals surface area (Å²) in [5, 5.41) is 0. The van der Waals surface area contributed by atoms with Crippen LogP contribution in [0.1, 0.15) is 22.3 Å². The second-order valence-corrected chi connectivity index (χ2v) is 14.9. The lowest BCUT2D eigenvalue weighted by Crippen LogP contribution is -2.61. The largest absolute Gasteiger partial charge is 0.374 e. The van der Waals surface area contributed by atoms with Crippen LogP contribution in [0.3, 0.4) is 0 Å². The molecule has 9 nitrogen and oxygen atoms in total. The predicted molar refractivity (Wildman–Crippen MR) is 186 cm³/mol. The van der Waals surface area contributed by atoms with Gasteiger partial charge in [0.05, 0.1) is 33.0 Å². The zero-order valence-corrected chi connectivity index (χ0v) is 29.1. The van der Waals surface area contributed by atoms with Crippen molar-refractivity contribution in [2.24, 2.45) is 0 Å². The molecule has 1 heterocycles. The summed E-state index contributed by atoms with van der Waals surface area (Å²) in [5.41, 5.74) is 4.01. The maximum Gasteiger partial charge on any atom is 0.347 e. The van der Waals surface area contributed by atoms with Gasteiger partial charge in [-0.1, -0.05) is 121 Å². The Morgan fingerprint density at radius 3 is 1.33 bits per heavy atom. The van der Waals surface area contributed by atoms with Crippen molar-refractivity contribution in [2.75, 3.05) is 34.8 Å². The Hall–Kier alpha value is -3.21. The molecule has 1 saturated heterocycles. The van der Waals surface area contributed by atoms with Crippen LogP contribution in [0.4, 0.5) is 0 Å². The molecular weight excluding hydrogens is 627 g/mol. The quantitative estimate of drug-likeness (QED) is 0.111. The maximum atomic E-state index is 14.3. The summed E-state index contributed by atoms with van der Waals surface area (Å²) < 4.78 is 56.9. The summed E-state index contributed by atoms with van der Waals surface area (Å²) in [6.07, 6.45) is -3.83. The van der Waals surface area contributed by atoms with Crippen LogP contribution in [-0.4, -0.2) is 74.8 Å². The molecule has 0 N–H and O–H groups in total. The van der Waals surface area contributed by atoms with Gasteiger partial charge in [-0.25, -0.2) is 9.34 Å². The van der Waals surface area contributed by atoms with Gasteiger partial charge in [0.1, 0.15) is 24.4 Å². The zero-order chi connectivity index (χ0) is 33.8. The Kier molecular flexibility index (Phi) is 13.5. The maximum absolute atomic E-state index is 14.3. The highest BCUT2D eigenvalue weighted by Gasteiger charge is 2.51. The average Bonchev–Trinajstić information content (AvgIpc) is 3.11. The van der Waals surface area contributed by atoms with Crippen molar-refractivity contribution in [1.29, 1.82) is 0 Å². The molecule has 0 amide bonds. The molecule has 0 aliphatic carbocycles. The first kappa shape index (κ1) is 36.1. The number of rotatable bonds is 17. The molecule has 4 aromatic carbocycles. The normalized spacial score (nSPS) is 21.5. The van der Waals surface area contributed by atoms with Gasteiger partial charge >= 0.3 is 7.67 Å². The van der Waals surface area contributed by atoms with E-state index < -0.39 is 38.4 Å². The van der Waals surface area contributed by atoms with E-state index in [0.29, 0.717) is 19.8 Å². The van der Waals surface area contributed by atoms with Gasteiger partial charge in [-0.3, -0.25) is 9.09 Å². The number of ether oxygens (including phenoxy) is 5. The van der Waals surface area contributed by atoms with Crippen molar-refractivity contribution in [3.05, 3.63) is 144 Å². The lowest BCUT2D eigenvalue weighted by Gasteiger charge is -2.47. The molecule has 5 atom stereocenters. The number of hydrogen-bond acceptors (Lipinski definition) is 7. The van der Waals surface area contributed by atoms with E-state index in [-0.39, 0.29) is 13.2 Å². The Balaban J connectivity index is 1.50. The molecule has 0 bridgehead atoms. The molecule has 5 rings (SSSR count). The van der Waals surface area contributed by atoms with Crippen molar-refractivity contribution in [2.45, 2.75) is 57.1 Å².